The Kier molecular flexibility index (Phi) is 18.3. The summed E-state index contributed by atoms with van der Waals surface area (Å²) in [7, 11) is -5.88. The van der Waals surface area contributed by atoms with Gasteiger partial charge in [0.15, 0.2) is 8.32 Å². The highest BCUT2D eigenvalue weighted by atomic mass is 31.2. The van der Waals surface area contributed by atoms with Crippen LogP contribution in [0.25, 0.3) is 0 Å². The highest BCUT2D eigenvalue weighted by Gasteiger charge is 2.50. The van der Waals surface area contributed by atoms with Gasteiger partial charge in [-0.05, 0) is 78.5 Å². The van der Waals surface area contributed by atoms with Gasteiger partial charge in [0.2, 0.25) is 5.89 Å². The lowest BCUT2D eigenvalue weighted by Gasteiger charge is -2.44. The number of benzene rings is 2. The molecule has 0 radical (unpaired) electrons. The molecule has 2 aliphatic rings. The quantitative estimate of drug-likeness (QED) is 0.0569. The maximum Gasteiger partial charge on any atom is 0.261 e. The lowest BCUT2D eigenvalue weighted by molar-refractivity contribution is -0.126. The molecule has 3 aromatic rings. The van der Waals surface area contributed by atoms with Crippen LogP contribution in [0.1, 0.15) is 157 Å². The molecule has 0 N–H and O–H groups in total. The van der Waals surface area contributed by atoms with E-state index in [1.807, 2.05) is 6.26 Å². The van der Waals surface area contributed by atoms with E-state index < -0.39 is 23.9 Å². The van der Waals surface area contributed by atoms with E-state index in [2.05, 4.69) is 143 Å². The molecule has 2 aliphatic heterocycles. The van der Waals surface area contributed by atoms with Gasteiger partial charge in [0.1, 0.15) is 24.2 Å². The summed E-state index contributed by atoms with van der Waals surface area (Å²) in [6.45, 7) is 31.0. The second-order valence-corrected chi connectivity index (χ2v) is 34.6. The van der Waals surface area contributed by atoms with Gasteiger partial charge in [0.05, 0.1) is 42.9 Å². The van der Waals surface area contributed by atoms with Crippen LogP contribution in [-0.2, 0) is 24.5 Å². The summed E-state index contributed by atoms with van der Waals surface area (Å²) in [5, 5.41) is 2.67. The Morgan fingerprint density at radius 2 is 1.30 bits per heavy atom. The molecule has 1 aromatic heterocycles. The fourth-order valence-corrected chi connectivity index (χ4v) is 20.5. The van der Waals surface area contributed by atoms with Crippen molar-refractivity contribution >= 4 is 34.3 Å². The summed E-state index contributed by atoms with van der Waals surface area (Å²) >= 11 is 0. The van der Waals surface area contributed by atoms with E-state index in [4.69, 9.17) is 27.7 Å². The molecule has 2 saturated heterocycles. The van der Waals surface area contributed by atoms with Gasteiger partial charge < -0.3 is 22.7 Å². The molecule has 5 rings (SSSR count). The van der Waals surface area contributed by atoms with Crippen LogP contribution in [0.15, 0.2) is 83.5 Å². The standard InChI is InChI=1S/C52H85NO5PSi2/c1-13-16-31-59(32-17-14-2,33-18-15-3)40-50-53-48(39-54-50)49-38-45(58-60(11,12)51(5,6)7)37-44(57-49)36-43-35-41(4)34-42(56-43)29-30-55-61(52(8,9)10,46-25-21-19-22-26-46)47-27-23-20-24-28-47/h19-28,39,42-45,49H,4,13-18,29-38,40H2,1-3,5-12H3/q+1/t42-,43+,44+,45+,49+/m0/s1. The molecule has 0 amide bonds. The Morgan fingerprint density at radius 3 is 1.82 bits per heavy atom. The third-order valence-corrected chi connectivity index (χ3v) is 28.4. The van der Waals surface area contributed by atoms with Crippen LogP contribution < -0.4 is 10.4 Å². The van der Waals surface area contributed by atoms with E-state index in [1.165, 1.54) is 73.0 Å². The van der Waals surface area contributed by atoms with Crippen LogP contribution in [0.5, 0.6) is 0 Å². The molecule has 0 bridgehead atoms. The lowest BCUT2D eigenvalue weighted by Crippen LogP contribution is -2.66. The zero-order valence-electron chi connectivity index (χ0n) is 40.4. The van der Waals surface area contributed by atoms with Gasteiger partial charge >= 0.3 is 0 Å². The molecule has 0 saturated carbocycles. The van der Waals surface area contributed by atoms with Crippen molar-refractivity contribution in [3.8, 4) is 0 Å². The minimum atomic E-state index is -2.63. The number of hydrogen-bond acceptors (Lipinski definition) is 6. The average molecular weight is 891 g/mol. The van der Waals surface area contributed by atoms with Crippen molar-refractivity contribution in [2.45, 2.75) is 199 Å². The summed E-state index contributed by atoms with van der Waals surface area (Å²) in [6.07, 6.45) is 19.7. The Morgan fingerprint density at radius 1 is 0.738 bits per heavy atom. The van der Waals surface area contributed by atoms with Crippen molar-refractivity contribution in [3.05, 3.63) is 90.7 Å². The molecule has 9 heteroatoms. The molecule has 61 heavy (non-hydrogen) atoms. The van der Waals surface area contributed by atoms with Gasteiger partial charge in [-0.2, -0.15) is 0 Å². The number of unbranched alkanes of at least 4 members (excludes halogenated alkanes) is 3. The number of oxazole rings is 1. The largest absolute Gasteiger partial charge is 0.445 e. The lowest BCUT2D eigenvalue weighted by atomic mass is 9.91. The maximum absolute atomic E-state index is 7.31. The first-order chi connectivity index (χ1) is 28.9. The molecule has 3 heterocycles. The summed E-state index contributed by atoms with van der Waals surface area (Å²) < 4.78 is 35.0. The molecule has 2 aromatic carbocycles. The summed E-state index contributed by atoms with van der Waals surface area (Å²) in [5.74, 6) is 0.925. The molecular formula is C52H85NO5PSi2+. The number of nitrogens with zero attached hydrogens (tertiary/aromatic N) is 1. The highest BCUT2D eigenvalue weighted by Crippen LogP contribution is 2.63. The fourth-order valence-electron chi connectivity index (χ4n) is 9.69. The van der Waals surface area contributed by atoms with Crippen molar-refractivity contribution in [1.82, 2.24) is 4.98 Å². The Labute approximate surface area is 375 Å². The van der Waals surface area contributed by atoms with Crippen molar-refractivity contribution < 1.29 is 22.7 Å². The number of rotatable bonds is 22. The first kappa shape index (κ1) is 50.1. The monoisotopic (exact) mass is 891 g/mol. The fraction of sp³-hybridized carbons (Fsp3) is 0.673. The minimum Gasteiger partial charge on any atom is -0.445 e. The summed E-state index contributed by atoms with van der Waals surface area (Å²) in [4.78, 5) is 5.28. The van der Waals surface area contributed by atoms with E-state index in [0.717, 1.165) is 56.3 Å². The molecule has 0 spiro atoms. The average Bonchev–Trinajstić information content (AvgIpc) is 3.67. The molecule has 0 aliphatic carbocycles. The van der Waals surface area contributed by atoms with Crippen molar-refractivity contribution in [3.63, 3.8) is 0 Å². The number of ether oxygens (including phenoxy) is 2. The highest BCUT2D eigenvalue weighted by molar-refractivity contribution is 7.75. The molecule has 6 nitrogen and oxygen atoms in total. The number of hydrogen-bond donors (Lipinski definition) is 0. The third-order valence-electron chi connectivity index (χ3n) is 14.1. The van der Waals surface area contributed by atoms with Crippen molar-refractivity contribution in [2.24, 2.45) is 0 Å². The van der Waals surface area contributed by atoms with Crippen molar-refractivity contribution in [1.29, 1.82) is 0 Å². The van der Waals surface area contributed by atoms with E-state index in [1.54, 1.807) is 0 Å². The topological polar surface area (TPSA) is 63.0 Å². The molecule has 0 unspecified atom stereocenters. The minimum absolute atomic E-state index is 0.0103. The van der Waals surface area contributed by atoms with E-state index >= 15 is 0 Å². The molecule has 340 valence electrons. The third kappa shape index (κ3) is 13.3. The van der Waals surface area contributed by atoms with Gasteiger partial charge in [-0.15, -0.1) is 0 Å². The zero-order valence-corrected chi connectivity index (χ0v) is 43.3. The second kappa shape index (κ2) is 22.3. The van der Waals surface area contributed by atoms with E-state index in [0.29, 0.717) is 6.61 Å². The van der Waals surface area contributed by atoms with E-state index in [9.17, 15) is 0 Å². The smallest absolute Gasteiger partial charge is 0.261 e. The van der Waals surface area contributed by atoms with Crippen LogP contribution in [-0.4, -0.2) is 71.1 Å². The number of aromatic nitrogens is 1. The molecule has 5 atom stereocenters. The summed E-state index contributed by atoms with van der Waals surface area (Å²) in [6, 6.07) is 21.9. The predicted molar refractivity (Wildman–Crippen MR) is 265 cm³/mol. The zero-order chi connectivity index (χ0) is 44.3. The van der Waals surface area contributed by atoms with Gasteiger partial charge in [-0.25, -0.2) is 4.98 Å². The normalized spacial score (nSPS) is 22.1. The molecule has 2 fully saturated rings. The first-order valence-electron chi connectivity index (χ1n) is 24.1. The maximum atomic E-state index is 7.31. The predicted octanol–water partition coefficient (Wildman–Crippen LogP) is 13.7. The summed E-state index contributed by atoms with van der Waals surface area (Å²) in [5.41, 5.74) is 2.20. The van der Waals surface area contributed by atoms with Crippen LogP contribution in [0, 0.1) is 0 Å². The molecular weight excluding hydrogens is 806 g/mol. The Hall–Kier alpha value is -1.91. The van der Waals surface area contributed by atoms with Gasteiger partial charge in [0.25, 0.3) is 8.32 Å². The Balaban J connectivity index is 1.32. The Bertz CT molecular complexity index is 1690. The van der Waals surface area contributed by atoms with Crippen LogP contribution in [0.4, 0.5) is 0 Å². The SMILES string of the molecule is C=C1C[C@H](C[C@@H]2C[C@@H](O[Si](C)(C)C(C)(C)C)C[C@H](c3coc(C[P+](CCCC)(CCCC)CCCC)n3)O2)O[C@@H](CCO[Si](c2ccccc2)(c2ccccc2)C(C)(C)C)C1. The van der Waals surface area contributed by atoms with Crippen molar-refractivity contribution in [2.75, 3.05) is 25.1 Å². The van der Waals surface area contributed by atoms with Gasteiger partial charge in [-0.1, -0.05) is 154 Å². The van der Waals surface area contributed by atoms with Crippen LogP contribution >= 0.6 is 7.26 Å². The second-order valence-electron chi connectivity index (χ2n) is 21.2. The van der Waals surface area contributed by atoms with Gasteiger partial charge in [-0.3, -0.25) is 0 Å². The van der Waals surface area contributed by atoms with E-state index in [-0.39, 0.29) is 40.6 Å². The van der Waals surface area contributed by atoms with Gasteiger partial charge in [0, 0.05) is 26.7 Å². The van der Waals surface area contributed by atoms with Crippen LogP contribution in [0.3, 0.4) is 0 Å². The van der Waals surface area contributed by atoms with Crippen LogP contribution in [0.2, 0.25) is 23.2 Å². The first-order valence-corrected chi connectivity index (χ1v) is 31.5.